The molecule has 108 valence electrons. The van der Waals surface area contributed by atoms with Crippen LogP contribution in [0.5, 0.6) is 0 Å². The lowest BCUT2D eigenvalue weighted by Crippen LogP contribution is -2.09. The van der Waals surface area contributed by atoms with Crippen molar-refractivity contribution >= 4 is 29.1 Å². The number of ketones is 1. The molecule has 0 unspecified atom stereocenters. The molecule has 0 spiro atoms. The zero-order chi connectivity index (χ0) is 14.7. The number of rotatable bonds is 5. The van der Waals surface area contributed by atoms with Crippen molar-refractivity contribution in [1.82, 2.24) is 0 Å². The summed E-state index contributed by atoms with van der Waals surface area (Å²) in [4.78, 5) is 13.2. The van der Waals surface area contributed by atoms with Gasteiger partial charge in [0.1, 0.15) is 0 Å². The highest BCUT2D eigenvalue weighted by atomic mass is 35.5. The van der Waals surface area contributed by atoms with Gasteiger partial charge in [-0.05, 0) is 42.5 Å². The number of hydrogen-bond donors (Lipinski definition) is 0. The van der Waals surface area contributed by atoms with E-state index >= 15 is 0 Å². The second kappa shape index (κ2) is 6.67. The van der Waals surface area contributed by atoms with Crippen LogP contribution in [-0.4, -0.2) is 11.5 Å². The van der Waals surface area contributed by atoms with Gasteiger partial charge in [0.15, 0.2) is 5.78 Å². The molecule has 1 saturated carbocycles. The SMILES string of the molecule is O=C(CSc1cccc(Cl)c1)c1ccc(C2CCC2)cc1. The van der Waals surface area contributed by atoms with Gasteiger partial charge < -0.3 is 0 Å². The van der Waals surface area contributed by atoms with Gasteiger partial charge in [0.05, 0.1) is 5.75 Å². The van der Waals surface area contributed by atoms with Crippen LogP contribution >= 0.6 is 23.4 Å². The summed E-state index contributed by atoms with van der Waals surface area (Å²) in [7, 11) is 0. The summed E-state index contributed by atoms with van der Waals surface area (Å²) in [5.41, 5.74) is 2.17. The fourth-order valence-corrected chi connectivity index (χ4v) is 3.58. The van der Waals surface area contributed by atoms with E-state index in [2.05, 4.69) is 12.1 Å². The minimum atomic E-state index is 0.167. The van der Waals surface area contributed by atoms with Crippen LogP contribution in [0, 0.1) is 0 Å². The van der Waals surface area contributed by atoms with Crippen molar-refractivity contribution in [3.8, 4) is 0 Å². The molecule has 1 aliphatic carbocycles. The first-order valence-corrected chi connectivity index (χ1v) is 8.60. The standard InChI is InChI=1S/C18H17ClOS/c19-16-5-2-6-17(11-16)21-12-18(20)15-9-7-14(8-10-15)13-3-1-4-13/h2,5-11,13H,1,3-4,12H2. The quantitative estimate of drug-likeness (QED) is 0.529. The van der Waals surface area contributed by atoms with E-state index in [4.69, 9.17) is 11.6 Å². The van der Waals surface area contributed by atoms with Crippen LogP contribution in [0.25, 0.3) is 0 Å². The van der Waals surface area contributed by atoms with Gasteiger partial charge in [-0.2, -0.15) is 0 Å². The molecule has 0 heterocycles. The van der Waals surface area contributed by atoms with Crippen LogP contribution in [0.3, 0.4) is 0 Å². The molecule has 0 amide bonds. The molecule has 21 heavy (non-hydrogen) atoms. The van der Waals surface area contributed by atoms with Gasteiger partial charge in [-0.15, -0.1) is 11.8 Å². The third-order valence-corrected chi connectivity index (χ3v) is 5.20. The molecule has 0 radical (unpaired) electrons. The molecule has 0 N–H and O–H groups in total. The van der Waals surface area contributed by atoms with E-state index in [9.17, 15) is 4.79 Å². The van der Waals surface area contributed by atoms with Gasteiger partial charge in [0.2, 0.25) is 0 Å². The molecule has 2 aromatic carbocycles. The largest absolute Gasteiger partial charge is 0.293 e. The van der Waals surface area contributed by atoms with Gasteiger partial charge in [-0.1, -0.05) is 48.4 Å². The van der Waals surface area contributed by atoms with E-state index in [1.54, 1.807) is 0 Å². The van der Waals surface area contributed by atoms with Crippen LogP contribution < -0.4 is 0 Å². The Morgan fingerprint density at radius 3 is 2.52 bits per heavy atom. The van der Waals surface area contributed by atoms with E-state index in [0.29, 0.717) is 10.8 Å². The van der Waals surface area contributed by atoms with Crippen molar-refractivity contribution in [2.75, 3.05) is 5.75 Å². The van der Waals surface area contributed by atoms with Gasteiger partial charge in [-0.3, -0.25) is 4.79 Å². The van der Waals surface area contributed by atoms with E-state index in [-0.39, 0.29) is 5.78 Å². The molecule has 0 aliphatic heterocycles. The lowest BCUT2D eigenvalue weighted by atomic mass is 9.80. The van der Waals surface area contributed by atoms with Crippen molar-refractivity contribution in [2.24, 2.45) is 0 Å². The minimum Gasteiger partial charge on any atom is -0.293 e. The monoisotopic (exact) mass is 316 g/mol. The molecule has 1 aliphatic rings. The predicted octanol–water partition coefficient (Wildman–Crippen LogP) is 5.58. The summed E-state index contributed by atoms with van der Waals surface area (Å²) in [5, 5.41) is 0.706. The average molecular weight is 317 g/mol. The van der Waals surface area contributed by atoms with Crippen LogP contribution in [0.4, 0.5) is 0 Å². The second-order valence-corrected chi connectivity index (χ2v) is 6.90. The first kappa shape index (κ1) is 14.7. The third kappa shape index (κ3) is 3.69. The Morgan fingerprint density at radius 1 is 1.14 bits per heavy atom. The Bertz CT molecular complexity index is 632. The molecule has 1 nitrogen and oxygen atoms in total. The average Bonchev–Trinajstić information content (AvgIpc) is 2.44. The fraction of sp³-hybridized carbons (Fsp3) is 0.278. The highest BCUT2D eigenvalue weighted by Gasteiger charge is 2.19. The summed E-state index contributed by atoms with van der Waals surface area (Å²) in [5.74, 6) is 1.33. The zero-order valence-electron chi connectivity index (χ0n) is 11.7. The van der Waals surface area contributed by atoms with Crippen molar-refractivity contribution in [3.05, 3.63) is 64.7 Å². The Labute approximate surface area is 134 Å². The van der Waals surface area contributed by atoms with Crippen LogP contribution in [0.1, 0.15) is 41.1 Å². The summed E-state index contributed by atoms with van der Waals surface area (Å²) in [6.45, 7) is 0. The molecule has 3 heteroatoms. The van der Waals surface area contributed by atoms with Crippen LogP contribution in [0.2, 0.25) is 5.02 Å². The molecule has 0 saturated heterocycles. The Morgan fingerprint density at radius 2 is 1.90 bits per heavy atom. The van der Waals surface area contributed by atoms with Gasteiger partial charge in [0, 0.05) is 15.5 Å². The number of hydrogen-bond acceptors (Lipinski definition) is 2. The molecule has 0 aromatic heterocycles. The molecule has 1 fully saturated rings. The number of carbonyl (C=O) groups is 1. The molecule has 2 aromatic rings. The Kier molecular flexibility index (Phi) is 4.67. The summed E-state index contributed by atoms with van der Waals surface area (Å²) in [6.07, 6.45) is 3.91. The Balaban J connectivity index is 1.59. The van der Waals surface area contributed by atoms with Crippen molar-refractivity contribution in [1.29, 1.82) is 0 Å². The zero-order valence-corrected chi connectivity index (χ0v) is 13.3. The van der Waals surface area contributed by atoms with E-state index in [0.717, 1.165) is 16.4 Å². The maximum atomic E-state index is 12.2. The number of Topliss-reactive ketones (excluding diaryl/α,β-unsaturated/α-hetero) is 1. The highest BCUT2D eigenvalue weighted by molar-refractivity contribution is 8.00. The number of halogens is 1. The van der Waals surface area contributed by atoms with Crippen molar-refractivity contribution in [2.45, 2.75) is 30.1 Å². The maximum absolute atomic E-state index is 12.2. The molecular formula is C18H17ClOS. The highest BCUT2D eigenvalue weighted by Crippen LogP contribution is 2.36. The normalized spacial score (nSPS) is 14.7. The Hall–Kier alpha value is -1.25. The van der Waals surface area contributed by atoms with Crippen molar-refractivity contribution in [3.63, 3.8) is 0 Å². The van der Waals surface area contributed by atoms with Gasteiger partial charge in [-0.25, -0.2) is 0 Å². The smallest absolute Gasteiger partial charge is 0.173 e. The molecule has 0 bridgehead atoms. The number of thioether (sulfide) groups is 1. The number of benzene rings is 2. The minimum absolute atomic E-state index is 0.167. The van der Waals surface area contributed by atoms with E-state index in [1.807, 2.05) is 36.4 Å². The van der Waals surface area contributed by atoms with Gasteiger partial charge >= 0.3 is 0 Å². The first-order chi connectivity index (χ1) is 10.2. The summed E-state index contributed by atoms with van der Waals surface area (Å²) < 4.78 is 0. The van der Waals surface area contributed by atoms with Crippen molar-refractivity contribution < 1.29 is 4.79 Å². The van der Waals surface area contributed by atoms with E-state index in [1.165, 1.54) is 36.6 Å². The second-order valence-electron chi connectivity index (χ2n) is 5.42. The molecule has 3 rings (SSSR count). The van der Waals surface area contributed by atoms with Gasteiger partial charge in [0.25, 0.3) is 0 Å². The number of carbonyl (C=O) groups excluding carboxylic acids is 1. The lowest BCUT2D eigenvalue weighted by Gasteiger charge is -2.25. The first-order valence-electron chi connectivity index (χ1n) is 7.24. The predicted molar refractivity (Wildman–Crippen MR) is 89.5 cm³/mol. The van der Waals surface area contributed by atoms with E-state index < -0.39 is 0 Å². The summed E-state index contributed by atoms with van der Waals surface area (Å²) >= 11 is 7.47. The topological polar surface area (TPSA) is 17.1 Å². The summed E-state index contributed by atoms with van der Waals surface area (Å²) in [6, 6.07) is 15.8. The third-order valence-electron chi connectivity index (χ3n) is 3.98. The van der Waals surface area contributed by atoms with Crippen LogP contribution in [0.15, 0.2) is 53.4 Å². The lowest BCUT2D eigenvalue weighted by molar-refractivity contribution is 0.102. The molecular weight excluding hydrogens is 300 g/mol. The maximum Gasteiger partial charge on any atom is 0.173 e. The van der Waals surface area contributed by atoms with Crippen LogP contribution in [-0.2, 0) is 0 Å². The molecule has 0 atom stereocenters. The fourth-order valence-electron chi connectivity index (χ4n) is 2.47.